The largest absolute Gasteiger partial charge is 0.351 e. The van der Waals surface area contributed by atoms with E-state index in [4.69, 9.17) is 0 Å². The molecule has 3 rings (SSSR count). The minimum atomic E-state index is -0.00564. The molecule has 0 spiro atoms. The number of nitrogens with zero attached hydrogens (tertiary/aromatic N) is 2. The number of hydrogen-bond donors (Lipinski definition) is 1. The van der Waals surface area contributed by atoms with E-state index in [0.29, 0.717) is 12.5 Å². The third kappa shape index (κ3) is 2.76. The zero-order chi connectivity index (χ0) is 15.7. The molecule has 2 aromatic heterocycles. The van der Waals surface area contributed by atoms with Gasteiger partial charge in [-0.3, -0.25) is 4.79 Å². The summed E-state index contributed by atoms with van der Waals surface area (Å²) in [7, 11) is 0. The number of thiophene rings is 1. The van der Waals surface area contributed by atoms with Crippen LogP contribution in [0, 0.1) is 12.8 Å². The lowest BCUT2D eigenvalue weighted by Gasteiger charge is -2.05. The summed E-state index contributed by atoms with van der Waals surface area (Å²) >= 11 is 1.49. The van der Waals surface area contributed by atoms with Gasteiger partial charge in [-0.15, -0.1) is 11.3 Å². The second-order valence-corrected chi connectivity index (χ2v) is 6.80. The highest BCUT2D eigenvalue weighted by molar-refractivity contribution is 7.20. The smallest absolute Gasteiger partial charge is 0.261 e. The molecule has 22 heavy (non-hydrogen) atoms. The Morgan fingerprint density at radius 3 is 2.73 bits per heavy atom. The maximum atomic E-state index is 12.2. The van der Waals surface area contributed by atoms with Gasteiger partial charge in [-0.05, 0) is 31.0 Å². The number of aryl methyl sites for hydroxylation is 1. The van der Waals surface area contributed by atoms with E-state index in [0.717, 1.165) is 26.5 Å². The first-order chi connectivity index (χ1) is 10.6. The first kappa shape index (κ1) is 14.8. The number of aromatic nitrogens is 2. The van der Waals surface area contributed by atoms with Gasteiger partial charge < -0.3 is 5.32 Å². The van der Waals surface area contributed by atoms with Crippen molar-refractivity contribution in [3.05, 3.63) is 47.0 Å². The summed E-state index contributed by atoms with van der Waals surface area (Å²) in [6, 6.07) is 11.9. The highest BCUT2D eigenvalue weighted by atomic mass is 32.1. The average molecular weight is 313 g/mol. The molecule has 5 heteroatoms. The molecule has 1 N–H and O–H groups in total. The summed E-state index contributed by atoms with van der Waals surface area (Å²) < 4.78 is 1.91. The second-order valence-electron chi connectivity index (χ2n) is 5.77. The zero-order valence-corrected chi connectivity index (χ0v) is 13.8. The molecule has 1 aromatic carbocycles. The van der Waals surface area contributed by atoms with Crippen LogP contribution in [-0.4, -0.2) is 22.2 Å². The Kier molecular flexibility index (Phi) is 3.98. The van der Waals surface area contributed by atoms with Crippen LogP contribution in [-0.2, 0) is 0 Å². The second kappa shape index (κ2) is 5.93. The van der Waals surface area contributed by atoms with Crippen molar-refractivity contribution in [3.8, 4) is 5.69 Å². The van der Waals surface area contributed by atoms with Crippen LogP contribution in [0.2, 0.25) is 0 Å². The van der Waals surface area contributed by atoms with Gasteiger partial charge >= 0.3 is 0 Å². The van der Waals surface area contributed by atoms with Crippen LogP contribution in [0.15, 0.2) is 36.4 Å². The molecule has 0 aliphatic rings. The summed E-state index contributed by atoms with van der Waals surface area (Å²) in [6.07, 6.45) is 0. The third-order valence-electron chi connectivity index (χ3n) is 3.44. The van der Waals surface area contributed by atoms with Crippen LogP contribution >= 0.6 is 11.3 Å². The highest BCUT2D eigenvalue weighted by Gasteiger charge is 2.17. The molecule has 0 saturated heterocycles. The maximum Gasteiger partial charge on any atom is 0.261 e. The highest BCUT2D eigenvalue weighted by Crippen LogP contribution is 2.30. The first-order valence-corrected chi connectivity index (χ1v) is 8.20. The third-order valence-corrected chi connectivity index (χ3v) is 4.55. The van der Waals surface area contributed by atoms with Crippen LogP contribution < -0.4 is 5.32 Å². The molecule has 0 fully saturated rings. The molecule has 0 aliphatic carbocycles. The van der Waals surface area contributed by atoms with E-state index >= 15 is 0 Å². The maximum absolute atomic E-state index is 12.2. The Morgan fingerprint density at radius 1 is 1.32 bits per heavy atom. The summed E-state index contributed by atoms with van der Waals surface area (Å²) in [5.41, 5.74) is 1.95. The number of hydrogen-bond acceptors (Lipinski definition) is 3. The Balaban J connectivity index is 1.98. The molecule has 0 saturated carbocycles. The van der Waals surface area contributed by atoms with E-state index in [9.17, 15) is 4.79 Å². The predicted molar refractivity (Wildman–Crippen MR) is 90.9 cm³/mol. The molecule has 0 bridgehead atoms. The zero-order valence-electron chi connectivity index (χ0n) is 13.0. The lowest BCUT2D eigenvalue weighted by atomic mass is 10.2. The van der Waals surface area contributed by atoms with Crippen molar-refractivity contribution >= 4 is 27.5 Å². The number of rotatable bonds is 4. The van der Waals surface area contributed by atoms with Crippen molar-refractivity contribution in [2.24, 2.45) is 5.92 Å². The van der Waals surface area contributed by atoms with Crippen molar-refractivity contribution < 1.29 is 4.79 Å². The van der Waals surface area contributed by atoms with Gasteiger partial charge in [0.2, 0.25) is 0 Å². The van der Waals surface area contributed by atoms with E-state index < -0.39 is 0 Å². The first-order valence-electron chi connectivity index (χ1n) is 7.39. The molecule has 0 unspecified atom stereocenters. The van der Waals surface area contributed by atoms with Crippen LogP contribution in [0.3, 0.4) is 0 Å². The summed E-state index contributed by atoms with van der Waals surface area (Å²) in [4.78, 5) is 14.0. The van der Waals surface area contributed by atoms with Gasteiger partial charge in [-0.2, -0.15) is 5.10 Å². The van der Waals surface area contributed by atoms with Gasteiger partial charge in [0.15, 0.2) is 0 Å². The SMILES string of the molecule is Cc1nn(-c2ccccc2)c2sc(C(=O)NCC(C)C)cc12. The number of carbonyl (C=O) groups excluding carboxylic acids is 1. The fraction of sp³-hybridized carbons (Fsp3) is 0.294. The number of benzene rings is 1. The summed E-state index contributed by atoms with van der Waals surface area (Å²) in [5, 5.41) is 8.60. The Bertz CT molecular complexity index is 802. The Labute approximate surface area is 133 Å². The van der Waals surface area contributed by atoms with Crippen molar-refractivity contribution in [2.45, 2.75) is 20.8 Å². The van der Waals surface area contributed by atoms with Crippen LogP contribution in [0.25, 0.3) is 15.9 Å². The Morgan fingerprint density at radius 2 is 2.05 bits per heavy atom. The molecule has 4 nitrogen and oxygen atoms in total. The molecule has 1 amide bonds. The molecular formula is C17H19N3OS. The van der Waals surface area contributed by atoms with Gasteiger partial charge in [0.25, 0.3) is 5.91 Å². The van der Waals surface area contributed by atoms with Gasteiger partial charge in [0.05, 0.1) is 16.3 Å². The molecule has 0 aliphatic heterocycles. The fourth-order valence-corrected chi connectivity index (χ4v) is 3.39. The van der Waals surface area contributed by atoms with Crippen molar-refractivity contribution in [2.75, 3.05) is 6.54 Å². The molecule has 0 radical (unpaired) electrons. The van der Waals surface area contributed by atoms with Crippen molar-refractivity contribution in [3.63, 3.8) is 0 Å². The molecule has 0 atom stereocenters. The topological polar surface area (TPSA) is 46.9 Å². The minimum Gasteiger partial charge on any atom is -0.351 e. The number of fused-ring (bicyclic) bond motifs is 1. The summed E-state index contributed by atoms with van der Waals surface area (Å²) in [6.45, 7) is 6.84. The van der Waals surface area contributed by atoms with Gasteiger partial charge in [0, 0.05) is 11.9 Å². The molecular weight excluding hydrogens is 294 g/mol. The Hall–Kier alpha value is -2.14. The van der Waals surface area contributed by atoms with Crippen LogP contribution in [0.1, 0.15) is 29.2 Å². The molecule has 3 aromatic rings. The lowest BCUT2D eigenvalue weighted by Crippen LogP contribution is -2.26. The standard InChI is InChI=1S/C17H19N3OS/c1-11(2)10-18-16(21)15-9-14-12(3)19-20(17(14)22-15)13-7-5-4-6-8-13/h4-9,11H,10H2,1-3H3,(H,18,21). The predicted octanol–water partition coefficient (Wildman–Crippen LogP) is 3.78. The molecule has 114 valence electrons. The van der Waals surface area contributed by atoms with Gasteiger partial charge in [-0.1, -0.05) is 32.0 Å². The quantitative estimate of drug-likeness (QED) is 0.797. The number of carbonyl (C=O) groups is 1. The van der Waals surface area contributed by atoms with E-state index in [1.807, 2.05) is 48.0 Å². The average Bonchev–Trinajstić information content (AvgIpc) is 3.07. The van der Waals surface area contributed by atoms with Crippen molar-refractivity contribution in [1.82, 2.24) is 15.1 Å². The lowest BCUT2D eigenvalue weighted by molar-refractivity contribution is 0.0953. The van der Waals surface area contributed by atoms with Gasteiger partial charge in [0.1, 0.15) is 4.83 Å². The fourth-order valence-electron chi connectivity index (χ4n) is 2.29. The van der Waals surface area contributed by atoms with E-state index in [-0.39, 0.29) is 5.91 Å². The number of amides is 1. The normalized spacial score (nSPS) is 11.3. The molecule has 2 heterocycles. The minimum absolute atomic E-state index is 0.00564. The van der Waals surface area contributed by atoms with E-state index in [1.165, 1.54) is 11.3 Å². The summed E-state index contributed by atoms with van der Waals surface area (Å²) in [5.74, 6) is 0.439. The van der Waals surface area contributed by atoms with Gasteiger partial charge in [-0.25, -0.2) is 4.68 Å². The van der Waals surface area contributed by atoms with Crippen LogP contribution in [0.5, 0.6) is 0 Å². The monoisotopic (exact) mass is 313 g/mol. The number of para-hydroxylation sites is 1. The number of nitrogens with one attached hydrogen (secondary N) is 1. The van der Waals surface area contributed by atoms with Crippen molar-refractivity contribution in [1.29, 1.82) is 0 Å². The van der Waals surface area contributed by atoms with E-state index in [1.54, 1.807) is 0 Å². The van der Waals surface area contributed by atoms with E-state index in [2.05, 4.69) is 24.3 Å². The van der Waals surface area contributed by atoms with Crippen LogP contribution in [0.4, 0.5) is 0 Å².